The molecule has 210 valence electrons. The van der Waals surface area contributed by atoms with Gasteiger partial charge >= 0.3 is 0 Å². The van der Waals surface area contributed by atoms with Gasteiger partial charge in [-0.05, 0) is 53.6 Å². The number of hydrogen-bond acceptors (Lipinski definition) is 4. The second-order valence-electron chi connectivity index (χ2n) is 11.4. The molecule has 0 aliphatic heterocycles. The van der Waals surface area contributed by atoms with E-state index in [4.69, 9.17) is 14.4 Å². The lowest BCUT2D eigenvalue weighted by Gasteiger charge is -2.08. The van der Waals surface area contributed by atoms with Gasteiger partial charge in [-0.1, -0.05) is 91.0 Å². The van der Waals surface area contributed by atoms with Crippen molar-refractivity contribution in [3.05, 3.63) is 140 Å². The van der Waals surface area contributed by atoms with Crippen molar-refractivity contribution in [2.24, 2.45) is 0 Å². The fourth-order valence-corrected chi connectivity index (χ4v) is 8.16. The fourth-order valence-electron chi connectivity index (χ4n) is 6.92. The van der Waals surface area contributed by atoms with E-state index < -0.39 is 0 Å². The van der Waals surface area contributed by atoms with Crippen LogP contribution in [0, 0.1) is 0 Å². The SMILES string of the molecule is c1cc(-c2ncnc3c2oc2ccc(-n4c5ccccc5c5ccccc54)cc23)cc(-c2cccc3c2sc2ccccc23)c1. The van der Waals surface area contributed by atoms with Gasteiger partial charge in [0.15, 0.2) is 5.58 Å². The Kier molecular flexibility index (Phi) is 5.12. The molecule has 6 aromatic carbocycles. The molecule has 0 saturated carbocycles. The van der Waals surface area contributed by atoms with Crippen molar-refractivity contribution in [3.63, 3.8) is 0 Å². The number of hydrogen-bond donors (Lipinski definition) is 0. The van der Waals surface area contributed by atoms with E-state index in [0.29, 0.717) is 5.58 Å². The molecule has 10 rings (SSSR count). The molecule has 4 aromatic heterocycles. The first-order chi connectivity index (χ1) is 22.3. The summed E-state index contributed by atoms with van der Waals surface area (Å²) in [6.45, 7) is 0. The predicted molar refractivity (Wildman–Crippen MR) is 187 cm³/mol. The third kappa shape index (κ3) is 3.59. The van der Waals surface area contributed by atoms with E-state index in [2.05, 4.69) is 138 Å². The summed E-state index contributed by atoms with van der Waals surface area (Å²) < 4.78 is 11.4. The summed E-state index contributed by atoms with van der Waals surface area (Å²) in [7, 11) is 0. The van der Waals surface area contributed by atoms with Crippen molar-refractivity contribution in [2.75, 3.05) is 0 Å². The first-order valence-corrected chi connectivity index (χ1v) is 15.8. The second kappa shape index (κ2) is 9.36. The summed E-state index contributed by atoms with van der Waals surface area (Å²) in [5, 5.41) is 6.04. The maximum atomic E-state index is 6.51. The number of nitrogens with zero attached hydrogens (tertiary/aromatic N) is 3. The number of benzene rings is 6. The molecule has 4 nitrogen and oxygen atoms in total. The van der Waals surface area contributed by atoms with Crippen LogP contribution in [0.3, 0.4) is 0 Å². The number of para-hydroxylation sites is 2. The van der Waals surface area contributed by atoms with Crippen LogP contribution in [0.5, 0.6) is 0 Å². The number of aromatic nitrogens is 3. The predicted octanol–water partition coefficient (Wildman–Crippen LogP) is 11.2. The highest BCUT2D eigenvalue weighted by Gasteiger charge is 2.18. The molecule has 0 saturated heterocycles. The van der Waals surface area contributed by atoms with Gasteiger partial charge in [-0.15, -0.1) is 11.3 Å². The zero-order chi connectivity index (χ0) is 29.5. The third-order valence-corrected chi connectivity index (χ3v) is 10.1. The highest BCUT2D eigenvalue weighted by Crippen LogP contribution is 2.41. The average Bonchev–Trinajstić information content (AvgIpc) is 3.77. The van der Waals surface area contributed by atoms with E-state index in [9.17, 15) is 0 Å². The van der Waals surface area contributed by atoms with Crippen molar-refractivity contribution < 1.29 is 4.42 Å². The molecule has 0 fully saturated rings. The zero-order valence-electron chi connectivity index (χ0n) is 23.9. The van der Waals surface area contributed by atoms with Crippen LogP contribution in [0.4, 0.5) is 0 Å². The lowest BCUT2D eigenvalue weighted by molar-refractivity contribution is 0.667. The Morgan fingerprint density at radius 2 is 1.27 bits per heavy atom. The molecule has 4 heterocycles. The molecule has 0 bridgehead atoms. The fraction of sp³-hybridized carbons (Fsp3) is 0. The van der Waals surface area contributed by atoms with Crippen molar-refractivity contribution in [1.82, 2.24) is 14.5 Å². The van der Waals surface area contributed by atoms with Crippen LogP contribution in [-0.2, 0) is 0 Å². The molecular formula is C40H23N3OS. The van der Waals surface area contributed by atoms with Gasteiger partial charge in [0.25, 0.3) is 0 Å². The summed E-state index contributed by atoms with van der Waals surface area (Å²) in [4.78, 5) is 9.49. The molecule has 45 heavy (non-hydrogen) atoms. The highest BCUT2D eigenvalue weighted by molar-refractivity contribution is 7.26. The minimum Gasteiger partial charge on any atom is -0.452 e. The van der Waals surface area contributed by atoms with E-state index >= 15 is 0 Å². The lowest BCUT2D eigenvalue weighted by atomic mass is 9.99. The van der Waals surface area contributed by atoms with Gasteiger partial charge in [0, 0.05) is 47.6 Å². The number of furan rings is 1. The summed E-state index contributed by atoms with van der Waals surface area (Å²) in [5.74, 6) is 0. The molecule has 0 atom stereocenters. The topological polar surface area (TPSA) is 43.9 Å². The van der Waals surface area contributed by atoms with Crippen molar-refractivity contribution in [1.29, 1.82) is 0 Å². The summed E-state index contributed by atoms with van der Waals surface area (Å²) in [6.07, 6.45) is 1.65. The van der Waals surface area contributed by atoms with Crippen LogP contribution in [0.15, 0.2) is 144 Å². The van der Waals surface area contributed by atoms with Crippen LogP contribution in [0.1, 0.15) is 0 Å². The minimum absolute atomic E-state index is 0.698. The third-order valence-electron chi connectivity index (χ3n) is 8.92. The van der Waals surface area contributed by atoms with E-state index in [1.54, 1.807) is 6.33 Å². The van der Waals surface area contributed by atoms with Gasteiger partial charge in [0.1, 0.15) is 23.1 Å². The zero-order valence-corrected chi connectivity index (χ0v) is 24.8. The van der Waals surface area contributed by atoms with Crippen LogP contribution in [0.25, 0.3) is 92.1 Å². The molecule has 0 radical (unpaired) electrons. The van der Waals surface area contributed by atoms with E-state index in [-0.39, 0.29) is 0 Å². The standard InChI is InChI=1S/C40H23N3OS/c1-4-16-33-28(11-1)29-12-2-5-17-34(29)43(33)26-19-20-35-32(22-26)38-39(44-35)37(41-23-42-38)25-10-7-9-24(21-25)27-14-8-15-31-30-13-3-6-18-36(30)45-40(27)31/h1-23H. The maximum Gasteiger partial charge on any atom is 0.180 e. The molecule has 0 N–H and O–H groups in total. The number of rotatable bonds is 3. The van der Waals surface area contributed by atoms with Gasteiger partial charge in [-0.3, -0.25) is 0 Å². The average molecular weight is 594 g/mol. The summed E-state index contributed by atoms with van der Waals surface area (Å²) in [5.41, 5.74) is 9.89. The normalized spacial score (nSPS) is 12.0. The first kappa shape index (κ1) is 24.6. The molecular weight excluding hydrogens is 571 g/mol. The highest BCUT2D eigenvalue weighted by atomic mass is 32.1. The van der Waals surface area contributed by atoms with Crippen LogP contribution < -0.4 is 0 Å². The van der Waals surface area contributed by atoms with Crippen LogP contribution in [-0.4, -0.2) is 14.5 Å². The Hall–Kier alpha value is -5.78. The molecule has 5 heteroatoms. The molecule has 0 spiro atoms. The summed E-state index contributed by atoms with van der Waals surface area (Å²) >= 11 is 1.85. The van der Waals surface area contributed by atoms with Gasteiger partial charge < -0.3 is 8.98 Å². The van der Waals surface area contributed by atoms with Crippen molar-refractivity contribution >= 4 is 75.4 Å². The molecule has 0 unspecified atom stereocenters. The minimum atomic E-state index is 0.698. The van der Waals surface area contributed by atoms with Gasteiger partial charge in [0.2, 0.25) is 0 Å². The Labute approximate surface area is 261 Å². The van der Waals surface area contributed by atoms with Gasteiger partial charge in [-0.25, -0.2) is 9.97 Å². The van der Waals surface area contributed by atoms with Crippen LogP contribution in [0.2, 0.25) is 0 Å². The molecule has 0 aliphatic rings. The van der Waals surface area contributed by atoms with Crippen molar-refractivity contribution in [3.8, 4) is 28.1 Å². The molecule has 0 amide bonds. The van der Waals surface area contributed by atoms with Gasteiger partial charge in [-0.2, -0.15) is 0 Å². The maximum absolute atomic E-state index is 6.51. The first-order valence-electron chi connectivity index (χ1n) is 15.0. The lowest BCUT2D eigenvalue weighted by Crippen LogP contribution is -1.93. The second-order valence-corrected chi connectivity index (χ2v) is 12.5. The monoisotopic (exact) mass is 593 g/mol. The number of fused-ring (bicyclic) bond motifs is 9. The quantitative estimate of drug-likeness (QED) is 0.205. The van der Waals surface area contributed by atoms with E-state index in [1.807, 2.05) is 11.3 Å². The largest absolute Gasteiger partial charge is 0.452 e. The Bertz CT molecular complexity index is 2730. The van der Waals surface area contributed by atoms with Crippen LogP contribution >= 0.6 is 11.3 Å². The van der Waals surface area contributed by atoms with Crippen molar-refractivity contribution in [2.45, 2.75) is 0 Å². The Balaban J connectivity index is 1.14. The molecule has 0 aliphatic carbocycles. The Morgan fingerprint density at radius 3 is 2.11 bits per heavy atom. The summed E-state index contributed by atoms with van der Waals surface area (Å²) in [6, 6.07) is 47.3. The van der Waals surface area contributed by atoms with E-state index in [0.717, 1.165) is 39.0 Å². The van der Waals surface area contributed by atoms with E-state index in [1.165, 1.54) is 47.5 Å². The van der Waals surface area contributed by atoms with Gasteiger partial charge in [0.05, 0.1) is 11.0 Å². The number of thiophene rings is 1. The smallest absolute Gasteiger partial charge is 0.180 e. The Morgan fingerprint density at radius 1 is 0.556 bits per heavy atom. The molecule has 10 aromatic rings.